The lowest BCUT2D eigenvalue weighted by Crippen LogP contribution is -2.26. The molecule has 2 nitrogen and oxygen atoms in total. The Morgan fingerprint density at radius 2 is 2.33 bits per heavy atom. The number of halogens is 1. The van der Waals surface area contributed by atoms with E-state index in [4.69, 9.17) is 11.6 Å². The van der Waals surface area contributed by atoms with Crippen molar-refractivity contribution in [3.63, 3.8) is 0 Å². The molecule has 3 heteroatoms. The summed E-state index contributed by atoms with van der Waals surface area (Å²) in [4.78, 5) is 3.18. The lowest BCUT2D eigenvalue weighted by atomic mass is 10.0. The molecule has 1 aromatic heterocycles. The highest BCUT2D eigenvalue weighted by Gasteiger charge is 2.15. The van der Waals surface area contributed by atoms with Gasteiger partial charge in [0.25, 0.3) is 0 Å². The maximum Gasteiger partial charge on any atom is 0.0583 e. The van der Waals surface area contributed by atoms with Gasteiger partial charge in [-0.05, 0) is 25.5 Å². The zero-order valence-electron chi connectivity index (χ0n) is 6.94. The summed E-state index contributed by atoms with van der Waals surface area (Å²) in [5.74, 6) is 0. The van der Waals surface area contributed by atoms with Crippen molar-refractivity contribution in [2.24, 2.45) is 0 Å². The summed E-state index contributed by atoms with van der Waals surface area (Å²) in [7, 11) is 0. The number of piperidine rings is 1. The first-order valence-electron chi connectivity index (χ1n) is 4.43. The minimum absolute atomic E-state index is 0.492. The summed E-state index contributed by atoms with van der Waals surface area (Å²) in [5, 5.41) is 4.26. The molecule has 0 bridgehead atoms. The maximum atomic E-state index is 5.82. The van der Waals surface area contributed by atoms with Crippen molar-refractivity contribution in [2.45, 2.75) is 25.3 Å². The van der Waals surface area contributed by atoms with E-state index in [0.717, 1.165) is 11.6 Å². The molecule has 0 saturated carbocycles. The molecule has 0 aliphatic carbocycles. The van der Waals surface area contributed by atoms with Gasteiger partial charge >= 0.3 is 0 Å². The lowest BCUT2D eigenvalue weighted by Gasteiger charge is -2.22. The van der Waals surface area contributed by atoms with Crippen LogP contribution in [0.1, 0.15) is 31.0 Å². The molecule has 2 rings (SSSR count). The van der Waals surface area contributed by atoms with Crippen molar-refractivity contribution in [1.82, 2.24) is 10.3 Å². The standard InChI is InChI=1S/C9H13ClN2/c10-7-5-9(12-6-7)8-3-1-2-4-11-8/h5-6,8,11-12H,1-4H2. The molecular formula is C9H13ClN2. The Bertz CT molecular complexity index is 251. The Morgan fingerprint density at radius 1 is 1.42 bits per heavy atom. The molecule has 1 unspecified atom stereocenters. The second kappa shape index (κ2) is 3.50. The summed E-state index contributed by atoms with van der Waals surface area (Å²) in [6.07, 6.45) is 5.67. The highest BCUT2D eigenvalue weighted by atomic mass is 35.5. The van der Waals surface area contributed by atoms with Gasteiger partial charge in [-0.25, -0.2) is 0 Å². The first kappa shape index (κ1) is 8.14. The van der Waals surface area contributed by atoms with E-state index in [1.807, 2.05) is 12.3 Å². The van der Waals surface area contributed by atoms with Crippen LogP contribution in [0.2, 0.25) is 5.02 Å². The predicted octanol–water partition coefficient (Wildman–Crippen LogP) is 2.48. The smallest absolute Gasteiger partial charge is 0.0583 e. The van der Waals surface area contributed by atoms with Crippen LogP contribution in [0.25, 0.3) is 0 Å². The molecule has 1 saturated heterocycles. The monoisotopic (exact) mass is 184 g/mol. The van der Waals surface area contributed by atoms with Crippen LogP contribution in [0.15, 0.2) is 12.3 Å². The Labute approximate surface area is 77.3 Å². The van der Waals surface area contributed by atoms with Gasteiger partial charge in [0.15, 0.2) is 0 Å². The van der Waals surface area contributed by atoms with Crippen molar-refractivity contribution in [3.8, 4) is 0 Å². The van der Waals surface area contributed by atoms with Gasteiger partial charge in [0.1, 0.15) is 0 Å². The fourth-order valence-electron chi connectivity index (χ4n) is 1.70. The Kier molecular flexibility index (Phi) is 2.38. The van der Waals surface area contributed by atoms with Crippen LogP contribution in [-0.2, 0) is 0 Å². The van der Waals surface area contributed by atoms with Gasteiger partial charge in [-0.2, -0.15) is 0 Å². The lowest BCUT2D eigenvalue weighted by molar-refractivity contribution is 0.406. The average Bonchev–Trinajstić information content (AvgIpc) is 2.54. The molecule has 1 fully saturated rings. The number of hydrogen-bond donors (Lipinski definition) is 2. The normalized spacial score (nSPS) is 24.2. The molecule has 2 heterocycles. The van der Waals surface area contributed by atoms with Crippen LogP contribution in [0.5, 0.6) is 0 Å². The van der Waals surface area contributed by atoms with Crippen molar-refractivity contribution >= 4 is 11.6 Å². The van der Waals surface area contributed by atoms with Gasteiger partial charge < -0.3 is 10.3 Å². The van der Waals surface area contributed by atoms with E-state index in [0.29, 0.717) is 6.04 Å². The van der Waals surface area contributed by atoms with Crippen LogP contribution in [0, 0.1) is 0 Å². The van der Waals surface area contributed by atoms with E-state index in [-0.39, 0.29) is 0 Å². The first-order valence-corrected chi connectivity index (χ1v) is 4.81. The van der Waals surface area contributed by atoms with Crippen molar-refractivity contribution < 1.29 is 0 Å². The van der Waals surface area contributed by atoms with E-state index in [9.17, 15) is 0 Å². The first-order chi connectivity index (χ1) is 5.86. The fourth-order valence-corrected chi connectivity index (χ4v) is 1.87. The number of aromatic amines is 1. The molecule has 2 N–H and O–H groups in total. The molecule has 1 aromatic rings. The third kappa shape index (κ3) is 1.65. The van der Waals surface area contributed by atoms with E-state index in [2.05, 4.69) is 10.3 Å². The number of hydrogen-bond acceptors (Lipinski definition) is 1. The highest BCUT2D eigenvalue weighted by Crippen LogP contribution is 2.23. The van der Waals surface area contributed by atoms with E-state index in [1.54, 1.807) is 0 Å². The van der Waals surface area contributed by atoms with E-state index in [1.165, 1.54) is 25.0 Å². The van der Waals surface area contributed by atoms with Gasteiger partial charge in [0.2, 0.25) is 0 Å². The predicted molar refractivity (Wildman–Crippen MR) is 50.4 cm³/mol. The number of nitrogens with one attached hydrogen (secondary N) is 2. The third-order valence-electron chi connectivity index (χ3n) is 2.36. The topological polar surface area (TPSA) is 27.8 Å². The zero-order valence-corrected chi connectivity index (χ0v) is 7.69. The van der Waals surface area contributed by atoms with E-state index >= 15 is 0 Å². The van der Waals surface area contributed by atoms with Crippen LogP contribution in [-0.4, -0.2) is 11.5 Å². The zero-order chi connectivity index (χ0) is 8.39. The second-order valence-corrected chi connectivity index (χ2v) is 3.71. The molecule has 0 radical (unpaired) electrons. The summed E-state index contributed by atoms with van der Waals surface area (Å²) in [5.41, 5.74) is 1.22. The maximum absolute atomic E-state index is 5.82. The van der Waals surface area contributed by atoms with Crippen molar-refractivity contribution in [3.05, 3.63) is 23.0 Å². The molecule has 0 amide bonds. The van der Waals surface area contributed by atoms with Gasteiger partial charge in [-0.3, -0.25) is 0 Å². The van der Waals surface area contributed by atoms with Crippen LogP contribution in [0.3, 0.4) is 0 Å². The largest absolute Gasteiger partial charge is 0.362 e. The molecule has 1 aliphatic rings. The fraction of sp³-hybridized carbons (Fsp3) is 0.556. The molecule has 0 aromatic carbocycles. The molecule has 12 heavy (non-hydrogen) atoms. The van der Waals surface area contributed by atoms with Gasteiger partial charge in [0, 0.05) is 17.9 Å². The van der Waals surface area contributed by atoms with Gasteiger partial charge in [-0.1, -0.05) is 18.0 Å². The van der Waals surface area contributed by atoms with Crippen molar-refractivity contribution in [1.29, 1.82) is 0 Å². The summed E-state index contributed by atoms with van der Waals surface area (Å²) < 4.78 is 0. The van der Waals surface area contributed by atoms with Crippen LogP contribution < -0.4 is 5.32 Å². The molecule has 66 valence electrons. The highest BCUT2D eigenvalue weighted by molar-refractivity contribution is 6.30. The molecule has 1 aliphatic heterocycles. The van der Waals surface area contributed by atoms with Crippen LogP contribution >= 0.6 is 11.6 Å². The molecule has 0 spiro atoms. The van der Waals surface area contributed by atoms with Crippen LogP contribution in [0.4, 0.5) is 0 Å². The minimum atomic E-state index is 0.492. The molecular weight excluding hydrogens is 172 g/mol. The summed E-state index contributed by atoms with van der Waals surface area (Å²) >= 11 is 5.82. The number of aromatic nitrogens is 1. The summed E-state index contributed by atoms with van der Waals surface area (Å²) in [6.45, 7) is 1.13. The number of rotatable bonds is 1. The van der Waals surface area contributed by atoms with Gasteiger partial charge in [0.05, 0.1) is 5.02 Å². The SMILES string of the molecule is Clc1c[nH]c(C2CCCCN2)c1. The van der Waals surface area contributed by atoms with E-state index < -0.39 is 0 Å². The second-order valence-electron chi connectivity index (χ2n) is 3.28. The minimum Gasteiger partial charge on any atom is -0.362 e. The summed E-state index contributed by atoms with van der Waals surface area (Å²) in [6, 6.07) is 2.50. The molecule has 1 atom stereocenters. The van der Waals surface area contributed by atoms with Gasteiger partial charge in [-0.15, -0.1) is 0 Å². The quantitative estimate of drug-likeness (QED) is 0.690. The Balaban J connectivity index is 2.08. The van der Waals surface area contributed by atoms with Crippen molar-refractivity contribution in [2.75, 3.05) is 6.54 Å². The average molecular weight is 185 g/mol. The third-order valence-corrected chi connectivity index (χ3v) is 2.57. The number of H-pyrrole nitrogens is 1. The Morgan fingerprint density at radius 3 is 2.92 bits per heavy atom. The Hall–Kier alpha value is -0.470.